The molecule has 1 aromatic rings. The van der Waals surface area contributed by atoms with Crippen molar-refractivity contribution >= 4 is 5.91 Å². The van der Waals surface area contributed by atoms with Crippen molar-refractivity contribution in [1.29, 1.82) is 0 Å². The fourth-order valence-corrected chi connectivity index (χ4v) is 2.83. The zero-order valence-electron chi connectivity index (χ0n) is 12.7. The van der Waals surface area contributed by atoms with Crippen molar-refractivity contribution in [1.82, 2.24) is 4.90 Å². The molecule has 1 aliphatic heterocycles. The van der Waals surface area contributed by atoms with E-state index in [0.29, 0.717) is 12.8 Å². The summed E-state index contributed by atoms with van der Waals surface area (Å²) in [6, 6.07) is 4.35. The summed E-state index contributed by atoms with van der Waals surface area (Å²) >= 11 is 0. The second kappa shape index (κ2) is 9.15. The van der Waals surface area contributed by atoms with Gasteiger partial charge < -0.3 is 27.0 Å². The highest BCUT2D eigenvalue weighted by Gasteiger charge is 2.26. The third-order valence-electron chi connectivity index (χ3n) is 4.05. The minimum atomic E-state index is 0. The zero-order chi connectivity index (χ0) is 14.4. The van der Waals surface area contributed by atoms with Crippen molar-refractivity contribution in [3.8, 4) is 0 Å². The average molecular weight is 357 g/mol. The van der Waals surface area contributed by atoms with Crippen molar-refractivity contribution in [2.45, 2.75) is 51.6 Å². The van der Waals surface area contributed by atoms with E-state index in [-0.39, 0.29) is 35.5 Å². The van der Waals surface area contributed by atoms with Gasteiger partial charge in [0, 0.05) is 31.3 Å². The third-order valence-corrected chi connectivity index (χ3v) is 4.05. The number of carbonyl (C=O) groups is 1. The molecule has 2 heterocycles. The Hall–Kier alpha value is -0.940. The molecule has 4 nitrogen and oxygen atoms in total. The van der Waals surface area contributed by atoms with Crippen molar-refractivity contribution in [2.24, 2.45) is 0 Å². The molecule has 0 spiro atoms. The number of pyridine rings is 1. The molecule has 1 atom stereocenters. The number of nitrogens with zero attached hydrogens (tertiary/aromatic N) is 2. The third kappa shape index (κ3) is 5.40. The van der Waals surface area contributed by atoms with Crippen LogP contribution in [0.4, 0.5) is 0 Å². The van der Waals surface area contributed by atoms with E-state index in [9.17, 15) is 4.79 Å². The predicted molar refractivity (Wildman–Crippen MR) is 77.0 cm³/mol. The molecule has 2 rings (SSSR count). The molecular weight excluding hydrogens is 332 g/mol. The minimum absolute atomic E-state index is 0. The number of hydrogen-bond acceptors (Lipinski definition) is 2. The number of piperidine rings is 1. The summed E-state index contributed by atoms with van der Waals surface area (Å²) in [4.78, 5) is 14.3. The number of carbonyl (C=O) groups excluding carboxylic acids is 1. The summed E-state index contributed by atoms with van der Waals surface area (Å²) in [5.41, 5.74) is 1.23. The summed E-state index contributed by atoms with van der Waals surface area (Å²) in [7, 11) is 0. The SMILES string of the molecule is Cc1cc[n+](CCC(=O)N2CCCCC2CCO)cc1.[Br-]. The lowest BCUT2D eigenvalue weighted by molar-refractivity contribution is -0.696. The van der Waals surface area contributed by atoms with Crippen molar-refractivity contribution in [3.63, 3.8) is 0 Å². The van der Waals surface area contributed by atoms with Gasteiger partial charge >= 0.3 is 0 Å². The highest BCUT2D eigenvalue weighted by atomic mass is 79.9. The Kier molecular flexibility index (Phi) is 7.89. The van der Waals surface area contributed by atoms with Gasteiger partial charge in [-0.2, -0.15) is 0 Å². The molecule has 1 unspecified atom stereocenters. The molecule has 0 saturated carbocycles. The quantitative estimate of drug-likeness (QED) is 0.648. The summed E-state index contributed by atoms with van der Waals surface area (Å²) in [6.07, 6.45) is 8.57. The first kappa shape index (κ1) is 18.1. The van der Waals surface area contributed by atoms with Crippen LogP contribution in [-0.4, -0.2) is 35.1 Å². The number of likely N-dealkylation sites (tertiary alicyclic amines) is 1. The highest BCUT2D eigenvalue weighted by Crippen LogP contribution is 2.20. The molecule has 0 radical (unpaired) electrons. The molecule has 1 amide bonds. The summed E-state index contributed by atoms with van der Waals surface area (Å²) < 4.78 is 2.05. The lowest BCUT2D eigenvalue weighted by Crippen LogP contribution is -3.00. The summed E-state index contributed by atoms with van der Waals surface area (Å²) in [5, 5.41) is 9.11. The predicted octanol–water partition coefficient (Wildman–Crippen LogP) is -1.56. The van der Waals surface area contributed by atoms with Gasteiger partial charge in [-0.15, -0.1) is 0 Å². The molecular formula is C16H25BrN2O2. The topological polar surface area (TPSA) is 44.4 Å². The maximum atomic E-state index is 12.4. The van der Waals surface area contributed by atoms with E-state index in [2.05, 4.69) is 23.6 Å². The van der Waals surface area contributed by atoms with Crippen LogP contribution in [0.15, 0.2) is 24.5 Å². The van der Waals surface area contributed by atoms with Crippen molar-refractivity contribution in [2.75, 3.05) is 13.2 Å². The number of aromatic nitrogens is 1. The first-order valence-electron chi connectivity index (χ1n) is 7.57. The first-order valence-corrected chi connectivity index (χ1v) is 7.57. The van der Waals surface area contributed by atoms with Crippen molar-refractivity contribution in [3.05, 3.63) is 30.1 Å². The van der Waals surface area contributed by atoms with Gasteiger partial charge in [0.25, 0.3) is 0 Å². The maximum Gasteiger partial charge on any atom is 0.229 e. The molecule has 5 heteroatoms. The fraction of sp³-hybridized carbons (Fsp3) is 0.625. The standard InChI is InChI=1S/C16H25N2O2.BrH/c1-14-5-10-17(11-6-14)12-7-16(20)18-9-3-2-4-15(18)8-13-19;/h5-6,10-11,15,19H,2-4,7-9,12-13H2,1H3;1H/q+1;/p-1. The summed E-state index contributed by atoms with van der Waals surface area (Å²) in [5.74, 6) is 0.219. The van der Waals surface area contributed by atoms with Crippen LogP contribution in [0.25, 0.3) is 0 Å². The van der Waals surface area contributed by atoms with Crippen LogP contribution in [0.2, 0.25) is 0 Å². The normalized spacial score (nSPS) is 18.2. The number of rotatable bonds is 5. The number of amides is 1. The number of hydrogen-bond donors (Lipinski definition) is 1. The van der Waals surface area contributed by atoms with Crippen LogP contribution in [0.5, 0.6) is 0 Å². The molecule has 0 aliphatic carbocycles. The monoisotopic (exact) mass is 356 g/mol. The lowest BCUT2D eigenvalue weighted by Gasteiger charge is -2.35. The Bertz CT molecular complexity index is 434. The van der Waals surface area contributed by atoms with Gasteiger partial charge in [0.15, 0.2) is 18.9 Å². The molecule has 0 aromatic carbocycles. The highest BCUT2D eigenvalue weighted by molar-refractivity contribution is 5.76. The molecule has 118 valence electrons. The molecule has 1 aromatic heterocycles. The van der Waals surface area contributed by atoms with E-state index >= 15 is 0 Å². The van der Waals surface area contributed by atoms with Gasteiger partial charge in [-0.3, -0.25) is 4.79 Å². The maximum absolute atomic E-state index is 12.4. The second-order valence-electron chi connectivity index (χ2n) is 5.61. The average Bonchev–Trinajstić information content (AvgIpc) is 2.47. The first-order chi connectivity index (χ1) is 9.70. The Morgan fingerprint density at radius 3 is 2.76 bits per heavy atom. The Morgan fingerprint density at radius 1 is 1.38 bits per heavy atom. The molecule has 21 heavy (non-hydrogen) atoms. The number of aryl methyl sites for hydroxylation is 2. The molecule has 1 aliphatic rings. The Morgan fingerprint density at radius 2 is 2.10 bits per heavy atom. The van der Waals surface area contributed by atoms with Gasteiger partial charge in [0.1, 0.15) is 0 Å². The zero-order valence-corrected chi connectivity index (χ0v) is 14.3. The molecule has 1 saturated heterocycles. The van der Waals surface area contributed by atoms with Crippen LogP contribution >= 0.6 is 0 Å². The van der Waals surface area contributed by atoms with Crippen LogP contribution in [0.3, 0.4) is 0 Å². The fourth-order valence-electron chi connectivity index (χ4n) is 2.83. The van der Waals surface area contributed by atoms with E-state index in [4.69, 9.17) is 5.11 Å². The number of aliphatic hydroxyl groups is 1. The molecule has 1 N–H and O–H groups in total. The van der Waals surface area contributed by atoms with Crippen LogP contribution in [-0.2, 0) is 11.3 Å². The van der Waals surface area contributed by atoms with Crippen LogP contribution in [0, 0.1) is 6.92 Å². The number of aliphatic hydroxyl groups excluding tert-OH is 1. The van der Waals surface area contributed by atoms with E-state index in [1.54, 1.807) is 0 Å². The largest absolute Gasteiger partial charge is 1.00 e. The smallest absolute Gasteiger partial charge is 0.229 e. The van der Waals surface area contributed by atoms with Crippen LogP contribution in [0.1, 0.15) is 37.7 Å². The van der Waals surface area contributed by atoms with E-state index in [1.807, 2.05) is 17.3 Å². The Labute approximate surface area is 137 Å². The number of halogens is 1. The summed E-state index contributed by atoms with van der Waals surface area (Å²) in [6.45, 7) is 3.80. The molecule has 0 bridgehead atoms. The van der Waals surface area contributed by atoms with Gasteiger partial charge in [0.05, 0.1) is 6.42 Å². The van der Waals surface area contributed by atoms with Gasteiger partial charge in [-0.1, -0.05) is 0 Å². The second-order valence-corrected chi connectivity index (χ2v) is 5.61. The van der Waals surface area contributed by atoms with E-state index < -0.39 is 0 Å². The van der Waals surface area contributed by atoms with Gasteiger partial charge in [-0.25, -0.2) is 4.57 Å². The molecule has 1 fully saturated rings. The van der Waals surface area contributed by atoms with Crippen molar-refractivity contribution < 1.29 is 31.4 Å². The van der Waals surface area contributed by atoms with E-state index in [1.165, 1.54) is 12.0 Å². The van der Waals surface area contributed by atoms with Gasteiger partial charge in [-0.05, 0) is 38.2 Å². The van der Waals surface area contributed by atoms with Gasteiger partial charge in [0.2, 0.25) is 5.91 Å². The Balaban J connectivity index is 0.00000220. The minimum Gasteiger partial charge on any atom is -1.00 e. The van der Waals surface area contributed by atoms with Crippen LogP contribution < -0.4 is 21.5 Å². The van der Waals surface area contributed by atoms with E-state index in [0.717, 1.165) is 25.9 Å². The lowest BCUT2D eigenvalue weighted by atomic mass is 9.99.